The van der Waals surface area contributed by atoms with E-state index in [4.69, 9.17) is 4.74 Å². The van der Waals surface area contributed by atoms with Crippen LogP contribution < -0.4 is 10.5 Å². The molecule has 0 bridgehead atoms. The minimum atomic E-state index is 0.910. The molecular weight excluding hydrogens is 126 g/mol. The highest BCUT2D eigenvalue weighted by Crippen LogP contribution is 2.05. The van der Waals surface area contributed by atoms with Crippen molar-refractivity contribution in [2.24, 2.45) is 5.73 Å². The maximum atomic E-state index is 4.91. The van der Waals surface area contributed by atoms with Crippen LogP contribution in [0.25, 0.3) is 0 Å². The number of ether oxygens (including phenoxy) is 1. The molecule has 0 heterocycles. The third kappa shape index (κ3) is 3.10. The van der Waals surface area contributed by atoms with E-state index in [-0.39, 0.29) is 0 Å². The Labute approximate surface area is 61.6 Å². The van der Waals surface area contributed by atoms with Crippen molar-refractivity contribution in [2.75, 3.05) is 14.2 Å². The molecule has 0 saturated heterocycles. The summed E-state index contributed by atoms with van der Waals surface area (Å²) in [6.45, 7) is 0. The van der Waals surface area contributed by atoms with Crippen molar-refractivity contribution in [3.8, 4) is 5.75 Å². The van der Waals surface area contributed by atoms with Gasteiger partial charge in [0.2, 0.25) is 0 Å². The van der Waals surface area contributed by atoms with Gasteiger partial charge in [-0.3, -0.25) is 0 Å². The molecule has 1 rings (SSSR count). The number of nitrogens with two attached hydrogens (primary N) is 1. The summed E-state index contributed by atoms with van der Waals surface area (Å²) in [7, 11) is 3.16. The van der Waals surface area contributed by atoms with Crippen molar-refractivity contribution >= 4 is 0 Å². The first kappa shape index (κ1) is 8.98. The van der Waals surface area contributed by atoms with E-state index in [0.29, 0.717) is 0 Å². The van der Waals surface area contributed by atoms with E-state index in [1.54, 1.807) is 7.11 Å². The number of hydrogen-bond acceptors (Lipinski definition) is 2. The molecule has 10 heavy (non-hydrogen) atoms. The van der Waals surface area contributed by atoms with Crippen LogP contribution in [0.2, 0.25) is 0 Å². The fourth-order valence-electron chi connectivity index (χ4n) is 0.557. The second-order valence-corrected chi connectivity index (χ2v) is 1.52. The van der Waals surface area contributed by atoms with Crippen LogP contribution in [-0.4, -0.2) is 14.2 Å². The van der Waals surface area contributed by atoms with E-state index in [1.165, 1.54) is 7.05 Å². The SMILES string of the molecule is CN.COc1ccccc1. The highest BCUT2D eigenvalue weighted by atomic mass is 16.5. The van der Waals surface area contributed by atoms with Gasteiger partial charge in [0, 0.05) is 0 Å². The Bertz CT molecular complexity index is 151. The Hall–Kier alpha value is -1.02. The molecule has 0 radical (unpaired) electrons. The predicted octanol–water partition coefficient (Wildman–Crippen LogP) is 1.27. The van der Waals surface area contributed by atoms with E-state index in [9.17, 15) is 0 Å². The molecule has 1 aromatic rings. The zero-order valence-corrected chi connectivity index (χ0v) is 6.37. The Kier molecular flexibility index (Phi) is 5.48. The van der Waals surface area contributed by atoms with E-state index in [2.05, 4.69) is 5.73 Å². The summed E-state index contributed by atoms with van der Waals surface area (Å²) >= 11 is 0. The molecule has 2 heteroatoms. The van der Waals surface area contributed by atoms with Gasteiger partial charge in [0.1, 0.15) is 5.75 Å². The second-order valence-electron chi connectivity index (χ2n) is 1.52. The summed E-state index contributed by atoms with van der Waals surface area (Å²) in [4.78, 5) is 0. The molecule has 2 N–H and O–H groups in total. The van der Waals surface area contributed by atoms with Gasteiger partial charge in [-0.25, -0.2) is 0 Å². The minimum Gasteiger partial charge on any atom is -0.497 e. The van der Waals surface area contributed by atoms with Crippen molar-refractivity contribution in [1.29, 1.82) is 0 Å². The van der Waals surface area contributed by atoms with Crippen molar-refractivity contribution in [3.63, 3.8) is 0 Å². The molecule has 0 aliphatic carbocycles. The zero-order chi connectivity index (χ0) is 7.82. The largest absolute Gasteiger partial charge is 0.497 e. The molecule has 0 aliphatic heterocycles. The third-order valence-corrected chi connectivity index (χ3v) is 0.979. The Morgan fingerprint density at radius 1 is 1.10 bits per heavy atom. The minimum absolute atomic E-state index is 0.910. The van der Waals surface area contributed by atoms with E-state index in [1.807, 2.05) is 30.3 Å². The Morgan fingerprint density at radius 3 is 1.90 bits per heavy atom. The van der Waals surface area contributed by atoms with Crippen molar-refractivity contribution in [2.45, 2.75) is 0 Å². The molecule has 0 fully saturated rings. The van der Waals surface area contributed by atoms with Gasteiger partial charge in [-0.2, -0.15) is 0 Å². The highest BCUT2D eigenvalue weighted by Gasteiger charge is 1.80. The first-order valence-corrected chi connectivity index (χ1v) is 3.10. The summed E-state index contributed by atoms with van der Waals surface area (Å²) in [6, 6.07) is 9.68. The molecule has 1 aromatic carbocycles. The number of hydrogen-bond donors (Lipinski definition) is 1. The molecule has 0 atom stereocenters. The van der Waals surface area contributed by atoms with Gasteiger partial charge in [0.05, 0.1) is 7.11 Å². The molecule has 0 spiro atoms. The van der Waals surface area contributed by atoms with Gasteiger partial charge < -0.3 is 10.5 Å². The van der Waals surface area contributed by atoms with Crippen LogP contribution in [0, 0.1) is 0 Å². The maximum absolute atomic E-state index is 4.91. The van der Waals surface area contributed by atoms with Crippen LogP contribution in [0.4, 0.5) is 0 Å². The van der Waals surface area contributed by atoms with E-state index < -0.39 is 0 Å². The monoisotopic (exact) mass is 139 g/mol. The normalized spacial score (nSPS) is 7.50. The van der Waals surface area contributed by atoms with Crippen LogP contribution in [0.1, 0.15) is 0 Å². The number of benzene rings is 1. The summed E-state index contributed by atoms with van der Waals surface area (Å²) in [6.07, 6.45) is 0. The zero-order valence-electron chi connectivity index (χ0n) is 6.37. The Morgan fingerprint density at radius 2 is 1.60 bits per heavy atom. The fraction of sp³-hybridized carbons (Fsp3) is 0.250. The molecule has 0 amide bonds. The maximum Gasteiger partial charge on any atom is 0.118 e. The lowest BCUT2D eigenvalue weighted by molar-refractivity contribution is 0.415. The summed E-state index contributed by atoms with van der Waals surface area (Å²) in [5.74, 6) is 0.910. The lowest BCUT2D eigenvalue weighted by Crippen LogP contribution is -1.78. The van der Waals surface area contributed by atoms with Gasteiger partial charge in [-0.15, -0.1) is 0 Å². The summed E-state index contributed by atoms with van der Waals surface area (Å²) < 4.78 is 4.91. The number of methoxy groups -OCH3 is 1. The fourth-order valence-corrected chi connectivity index (χ4v) is 0.557. The van der Waals surface area contributed by atoms with Crippen LogP contribution >= 0.6 is 0 Å². The van der Waals surface area contributed by atoms with Gasteiger partial charge in [-0.1, -0.05) is 18.2 Å². The molecule has 0 aliphatic rings. The van der Waals surface area contributed by atoms with Gasteiger partial charge in [-0.05, 0) is 19.2 Å². The molecule has 2 nitrogen and oxygen atoms in total. The summed E-state index contributed by atoms with van der Waals surface area (Å²) in [5, 5.41) is 0. The van der Waals surface area contributed by atoms with Crippen molar-refractivity contribution < 1.29 is 4.74 Å². The molecule has 0 saturated carbocycles. The summed E-state index contributed by atoms with van der Waals surface area (Å²) in [5.41, 5.74) is 4.50. The first-order chi connectivity index (χ1) is 4.93. The topological polar surface area (TPSA) is 35.2 Å². The average Bonchev–Trinajstić information content (AvgIpc) is 2.10. The molecule has 0 aromatic heterocycles. The number of para-hydroxylation sites is 1. The molecular formula is C8H13NO. The van der Waals surface area contributed by atoms with Gasteiger partial charge in [0.15, 0.2) is 0 Å². The van der Waals surface area contributed by atoms with Crippen LogP contribution in [-0.2, 0) is 0 Å². The van der Waals surface area contributed by atoms with Crippen molar-refractivity contribution in [3.05, 3.63) is 30.3 Å². The second kappa shape index (κ2) is 6.11. The number of rotatable bonds is 1. The average molecular weight is 139 g/mol. The third-order valence-electron chi connectivity index (χ3n) is 0.979. The van der Waals surface area contributed by atoms with Crippen LogP contribution in [0.5, 0.6) is 5.75 Å². The predicted molar refractivity (Wildman–Crippen MR) is 43.1 cm³/mol. The standard InChI is InChI=1S/C7H8O.CH5N/c1-8-7-5-3-2-4-6-7;1-2/h2-6H,1H3;2H2,1H3. The Balaban J connectivity index is 0.000000371. The highest BCUT2D eigenvalue weighted by molar-refractivity contribution is 5.20. The van der Waals surface area contributed by atoms with Crippen molar-refractivity contribution in [1.82, 2.24) is 0 Å². The van der Waals surface area contributed by atoms with Crippen LogP contribution in [0.15, 0.2) is 30.3 Å². The smallest absolute Gasteiger partial charge is 0.118 e. The first-order valence-electron chi connectivity index (χ1n) is 3.10. The van der Waals surface area contributed by atoms with Crippen LogP contribution in [0.3, 0.4) is 0 Å². The van der Waals surface area contributed by atoms with Gasteiger partial charge in [0.25, 0.3) is 0 Å². The van der Waals surface area contributed by atoms with E-state index >= 15 is 0 Å². The van der Waals surface area contributed by atoms with Gasteiger partial charge >= 0.3 is 0 Å². The molecule has 0 unspecified atom stereocenters. The lowest BCUT2D eigenvalue weighted by atomic mass is 10.3. The quantitative estimate of drug-likeness (QED) is 0.636. The lowest BCUT2D eigenvalue weighted by Gasteiger charge is -1.93. The van der Waals surface area contributed by atoms with E-state index in [0.717, 1.165) is 5.75 Å². The molecule has 56 valence electrons.